The average molecular weight is 301 g/mol. The second-order valence-electron chi connectivity index (χ2n) is 5.34. The van der Waals surface area contributed by atoms with E-state index in [0.717, 1.165) is 5.56 Å². The molecular weight excluding hydrogens is 282 g/mol. The molecule has 1 atom stereocenters. The van der Waals surface area contributed by atoms with E-state index in [1.54, 1.807) is 0 Å². The number of carbonyl (C=O) groups is 2. The molecule has 1 aliphatic rings. The molecule has 0 bridgehead atoms. The lowest BCUT2D eigenvalue weighted by Crippen LogP contribution is -2.40. The van der Waals surface area contributed by atoms with Crippen molar-refractivity contribution in [3.8, 4) is 6.07 Å². The Morgan fingerprint density at radius 2 is 2.05 bits per heavy atom. The van der Waals surface area contributed by atoms with Crippen LogP contribution in [0.4, 0.5) is 0 Å². The first-order valence-electron chi connectivity index (χ1n) is 7.24. The van der Waals surface area contributed by atoms with E-state index in [1.807, 2.05) is 36.4 Å². The summed E-state index contributed by atoms with van der Waals surface area (Å²) in [7, 11) is 0. The zero-order valence-electron chi connectivity index (χ0n) is 12.3. The third-order valence-corrected chi connectivity index (χ3v) is 3.59. The lowest BCUT2D eigenvalue weighted by atomic mass is 10.1. The number of nitriles is 1. The Bertz CT molecular complexity index is 568. The van der Waals surface area contributed by atoms with Crippen LogP contribution in [0.2, 0.25) is 0 Å². The van der Waals surface area contributed by atoms with Crippen molar-refractivity contribution in [2.45, 2.75) is 18.9 Å². The predicted molar refractivity (Wildman–Crippen MR) is 79.5 cm³/mol. The highest BCUT2D eigenvalue weighted by Gasteiger charge is 2.28. The molecule has 0 aromatic heterocycles. The molecule has 6 heteroatoms. The number of aliphatic hydroxyl groups is 1. The molecule has 0 radical (unpaired) electrons. The van der Waals surface area contributed by atoms with Crippen LogP contribution in [0.25, 0.3) is 0 Å². The van der Waals surface area contributed by atoms with E-state index in [4.69, 9.17) is 5.26 Å². The Balaban J connectivity index is 2.01. The Morgan fingerprint density at radius 1 is 1.32 bits per heavy atom. The molecule has 0 aliphatic carbocycles. The molecule has 22 heavy (non-hydrogen) atoms. The molecule has 1 aromatic carbocycles. The number of hydrogen-bond acceptors (Lipinski definition) is 4. The van der Waals surface area contributed by atoms with Gasteiger partial charge in [-0.2, -0.15) is 5.26 Å². The molecule has 2 amide bonds. The van der Waals surface area contributed by atoms with Crippen LogP contribution in [-0.4, -0.2) is 59.0 Å². The molecule has 1 saturated heterocycles. The Kier molecular flexibility index (Phi) is 5.50. The van der Waals surface area contributed by atoms with Crippen molar-refractivity contribution >= 4 is 11.8 Å². The van der Waals surface area contributed by atoms with Crippen LogP contribution in [0.5, 0.6) is 0 Å². The third-order valence-electron chi connectivity index (χ3n) is 3.59. The van der Waals surface area contributed by atoms with Crippen LogP contribution < -0.4 is 0 Å². The second kappa shape index (κ2) is 7.57. The summed E-state index contributed by atoms with van der Waals surface area (Å²) in [5, 5.41) is 18.6. The van der Waals surface area contributed by atoms with E-state index in [2.05, 4.69) is 0 Å². The summed E-state index contributed by atoms with van der Waals surface area (Å²) in [5.74, 6) is -0.408. The summed E-state index contributed by atoms with van der Waals surface area (Å²) >= 11 is 0. The second-order valence-corrected chi connectivity index (χ2v) is 5.34. The molecule has 1 unspecified atom stereocenters. The van der Waals surface area contributed by atoms with E-state index in [1.165, 1.54) is 9.80 Å². The van der Waals surface area contributed by atoms with Crippen molar-refractivity contribution in [2.24, 2.45) is 0 Å². The Hall–Kier alpha value is -2.39. The van der Waals surface area contributed by atoms with E-state index in [-0.39, 0.29) is 50.8 Å². The van der Waals surface area contributed by atoms with Gasteiger partial charge >= 0.3 is 0 Å². The molecule has 6 nitrogen and oxygen atoms in total. The summed E-state index contributed by atoms with van der Waals surface area (Å²) in [5.41, 5.74) is 0.875. The fourth-order valence-corrected chi connectivity index (χ4v) is 2.47. The highest BCUT2D eigenvalue weighted by atomic mass is 16.3. The van der Waals surface area contributed by atoms with Gasteiger partial charge in [-0.1, -0.05) is 30.3 Å². The van der Waals surface area contributed by atoms with E-state index < -0.39 is 6.10 Å². The average Bonchev–Trinajstić information content (AvgIpc) is 2.65. The predicted octanol–water partition coefficient (Wildman–Crippen LogP) is 0.174. The maximum Gasteiger partial charge on any atom is 0.242 e. The molecular formula is C16H19N3O3. The largest absolute Gasteiger partial charge is 0.389 e. The van der Waals surface area contributed by atoms with Gasteiger partial charge in [0.1, 0.15) is 0 Å². The lowest BCUT2D eigenvalue weighted by molar-refractivity contribution is -0.138. The van der Waals surface area contributed by atoms with Gasteiger partial charge in [-0.05, 0) is 5.56 Å². The summed E-state index contributed by atoms with van der Waals surface area (Å²) in [6, 6.07) is 11.3. The normalized spacial score (nSPS) is 18.7. The highest BCUT2D eigenvalue weighted by Crippen LogP contribution is 2.09. The molecule has 1 N–H and O–H groups in total. The SMILES string of the molecule is N#CCCN1CC(O)CN(C(=O)Cc2ccccc2)CC1=O. The molecule has 1 heterocycles. The number of β-amino-alcohol motifs (C(OH)–C–C–N with tert-alkyl or cyclic N) is 1. The Morgan fingerprint density at radius 3 is 2.73 bits per heavy atom. The number of nitrogens with zero attached hydrogens (tertiary/aromatic N) is 3. The molecule has 1 fully saturated rings. The van der Waals surface area contributed by atoms with Gasteiger partial charge in [-0.15, -0.1) is 0 Å². The van der Waals surface area contributed by atoms with Crippen LogP contribution in [0.15, 0.2) is 30.3 Å². The number of benzene rings is 1. The standard InChI is InChI=1S/C16H19N3O3/c17-7-4-8-18-10-14(20)11-19(12-16(18)22)15(21)9-13-5-2-1-3-6-13/h1-3,5-6,14,20H,4,8-12H2. The van der Waals surface area contributed by atoms with E-state index in [9.17, 15) is 14.7 Å². The third kappa shape index (κ3) is 4.30. The summed E-state index contributed by atoms with van der Waals surface area (Å²) in [6.45, 7) is 0.539. The van der Waals surface area contributed by atoms with Crippen LogP contribution in [-0.2, 0) is 16.0 Å². The molecule has 0 spiro atoms. The summed E-state index contributed by atoms with van der Waals surface area (Å²) in [4.78, 5) is 27.3. The molecule has 2 rings (SSSR count). The monoisotopic (exact) mass is 301 g/mol. The van der Waals surface area contributed by atoms with Gasteiger partial charge in [-0.25, -0.2) is 0 Å². The van der Waals surface area contributed by atoms with Crippen molar-refractivity contribution in [3.05, 3.63) is 35.9 Å². The van der Waals surface area contributed by atoms with Gasteiger partial charge < -0.3 is 14.9 Å². The molecule has 116 valence electrons. The Labute approximate surface area is 129 Å². The molecule has 1 aromatic rings. The van der Waals surface area contributed by atoms with Crippen molar-refractivity contribution < 1.29 is 14.7 Å². The smallest absolute Gasteiger partial charge is 0.242 e. The van der Waals surface area contributed by atoms with Crippen LogP contribution in [0.1, 0.15) is 12.0 Å². The van der Waals surface area contributed by atoms with Gasteiger partial charge in [-0.3, -0.25) is 9.59 Å². The van der Waals surface area contributed by atoms with Crippen molar-refractivity contribution in [3.63, 3.8) is 0 Å². The fourth-order valence-electron chi connectivity index (χ4n) is 2.47. The maximum atomic E-state index is 12.3. The van der Waals surface area contributed by atoms with Crippen LogP contribution in [0.3, 0.4) is 0 Å². The first kappa shape index (κ1) is 16.0. The number of amides is 2. The summed E-state index contributed by atoms with van der Waals surface area (Å²) in [6.07, 6.45) is -0.361. The minimum absolute atomic E-state index is 0.0475. The quantitative estimate of drug-likeness (QED) is 0.859. The van der Waals surface area contributed by atoms with Crippen molar-refractivity contribution in [1.82, 2.24) is 9.80 Å². The number of hydrogen-bond donors (Lipinski definition) is 1. The molecule has 1 aliphatic heterocycles. The van der Waals surface area contributed by atoms with E-state index >= 15 is 0 Å². The van der Waals surface area contributed by atoms with Gasteiger partial charge in [0.25, 0.3) is 0 Å². The first-order valence-corrected chi connectivity index (χ1v) is 7.24. The van der Waals surface area contributed by atoms with Gasteiger partial charge in [0.15, 0.2) is 0 Å². The minimum atomic E-state index is -0.787. The van der Waals surface area contributed by atoms with Gasteiger partial charge in [0.05, 0.1) is 31.6 Å². The number of aliphatic hydroxyl groups excluding tert-OH is 1. The van der Waals surface area contributed by atoms with Gasteiger partial charge in [0, 0.05) is 19.6 Å². The van der Waals surface area contributed by atoms with E-state index in [0.29, 0.717) is 0 Å². The number of carbonyl (C=O) groups excluding carboxylic acids is 2. The summed E-state index contributed by atoms with van der Waals surface area (Å²) < 4.78 is 0. The maximum absolute atomic E-state index is 12.3. The number of rotatable bonds is 4. The van der Waals surface area contributed by atoms with Crippen LogP contribution in [0, 0.1) is 11.3 Å². The van der Waals surface area contributed by atoms with Crippen molar-refractivity contribution in [1.29, 1.82) is 5.26 Å². The molecule has 0 saturated carbocycles. The minimum Gasteiger partial charge on any atom is -0.389 e. The fraction of sp³-hybridized carbons (Fsp3) is 0.438. The zero-order chi connectivity index (χ0) is 15.9. The van der Waals surface area contributed by atoms with Crippen molar-refractivity contribution in [2.75, 3.05) is 26.2 Å². The zero-order valence-corrected chi connectivity index (χ0v) is 12.3. The van der Waals surface area contributed by atoms with Gasteiger partial charge in [0.2, 0.25) is 11.8 Å². The first-order chi connectivity index (χ1) is 10.6. The topological polar surface area (TPSA) is 84.6 Å². The highest BCUT2D eigenvalue weighted by molar-refractivity contribution is 5.86. The lowest BCUT2D eigenvalue weighted by Gasteiger charge is -2.21. The van der Waals surface area contributed by atoms with Crippen LogP contribution >= 0.6 is 0 Å².